The highest BCUT2D eigenvalue weighted by Gasteiger charge is 2.33. The Morgan fingerprint density at radius 3 is 2.50 bits per heavy atom. The Balaban J connectivity index is 1.59. The van der Waals surface area contributed by atoms with Crippen LogP contribution in [0.15, 0.2) is 53.4 Å². The number of hydrogen-bond donors (Lipinski definition) is 0. The first kappa shape index (κ1) is 17.3. The lowest BCUT2D eigenvalue weighted by Crippen LogP contribution is -2.27. The summed E-state index contributed by atoms with van der Waals surface area (Å²) in [6.07, 6.45) is 4.48. The van der Waals surface area contributed by atoms with E-state index in [1.165, 1.54) is 35.9 Å². The summed E-state index contributed by atoms with van der Waals surface area (Å²) in [6, 6.07) is 16.0. The number of nitrogens with zero attached hydrogens (tertiary/aromatic N) is 2. The van der Waals surface area contributed by atoms with Gasteiger partial charge in [-0.1, -0.05) is 48.2 Å². The number of anilines is 2. The SMILES string of the molecule is Cc1cc(/C=C2/SC(=S)N(c3ccccc3)C2=O)ccc1N1CCCC1. The van der Waals surface area contributed by atoms with Gasteiger partial charge in [0.15, 0.2) is 4.32 Å². The molecular formula is C21H20N2OS2. The molecule has 0 aromatic heterocycles. The molecule has 1 amide bonds. The molecule has 2 aliphatic rings. The number of thioether (sulfide) groups is 1. The van der Waals surface area contributed by atoms with E-state index in [-0.39, 0.29) is 5.91 Å². The molecule has 0 radical (unpaired) electrons. The summed E-state index contributed by atoms with van der Waals surface area (Å²) in [5, 5.41) is 0. The summed E-state index contributed by atoms with van der Waals surface area (Å²) in [7, 11) is 0. The maximum Gasteiger partial charge on any atom is 0.270 e. The molecule has 2 heterocycles. The van der Waals surface area contributed by atoms with Crippen LogP contribution in [0.3, 0.4) is 0 Å². The number of thiocarbonyl (C=S) groups is 1. The van der Waals surface area contributed by atoms with Gasteiger partial charge in [0.1, 0.15) is 0 Å². The summed E-state index contributed by atoms with van der Waals surface area (Å²) in [4.78, 5) is 17.5. The van der Waals surface area contributed by atoms with Crippen molar-refractivity contribution in [1.82, 2.24) is 0 Å². The van der Waals surface area contributed by atoms with Crippen molar-refractivity contribution in [3.8, 4) is 0 Å². The molecule has 0 bridgehead atoms. The lowest BCUT2D eigenvalue weighted by atomic mass is 10.1. The van der Waals surface area contributed by atoms with Crippen molar-refractivity contribution >= 4 is 51.7 Å². The molecule has 0 N–H and O–H groups in total. The quantitative estimate of drug-likeness (QED) is 0.552. The molecule has 0 unspecified atom stereocenters. The van der Waals surface area contributed by atoms with Crippen molar-refractivity contribution < 1.29 is 4.79 Å². The van der Waals surface area contributed by atoms with Gasteiger partial charge in [-0.15, -0.1) is 0 Å². The summed E-state index contributed by atoms with van der Waals surface area (Å²) >= 11 is 6.80. The molecule has 2 aromatic carbocycles. The highest BCUT2D eigenvalue weighted by atomic mass is 32.2. The Kier molecular flexibility index (Phi) is 4.83. The zero-order valence-corrected chi connectivity index (χ0v) is 16.3. The van der Waals surface area contributed by atoms with E-state index < -0.39 is 0 Å². The molecule has 0 spiro atoms. The zero-order valence-electron chi connectivity index (χ0n) is 14.6. The molecule has 2 aromatic rings. The Morgan fingerprint density at radius 1 is 1.08 bits per heavy atom. The number of amides is 1. The largest absolute Gasteiger partial charge is 0.371 e. The van der Waals surface area contributed by atoms with Crippen LogP contribution in [0.4, 0.5) is 11.4 Å². The van der Waals surface area contributed by atoms with E-state index in [2.05, 4.69) is 30.0 Å². The van der Waals surface area contributed by atoms with Crippen molar-refractivity contribution in [3.63, 3.8) is 0 Å². The minimum atomic E-state index is -0.0486. The molecule has 3 nitrogen and oxygen atoms in total. The van der Waals surface area contributed by atoms with Gasteiger partial charge in [-0.2, -0.15) is 0 Å². The van der Waals surface area contributed by atoms with Crippen molar-refractivity contribution in [2.45, 2.75) is 19.8 Å². The third-order valence-corrected chi connectivity index (χ3v) is 6.08. The van der Waals surface area contributed by atoms with E-state index >= 15 is 0 Å². The van der Waals surface area contributed by atoms with Crippen LogP contribution in [0.25, 0.3) is 6.08 Å². The average molecular weight is 381 g/mol. The van der Waals surface area contributed by atoms with Gasteiger partial charge in [0.05, 0.1) is 10.6 Å². The van der Waals surface area contributed by atoms with Gasteiger partial charge in [0, 0.05) is 18.8 Å². The molecule has 0 atom stereocenters. The van der Waals surface area contributed by atoms with Crippen molar-refractivity contribution in [1.29, 1.82) is 0 Å². The van der Waals surface area contributed by atoms with E-state index in [0.717, 1.165) is 24.3 Å². The van der Waals surface area contributed by atoms with E-state index in [4.69, 9.17) is 12.2 Å². The van der Waals surface area contributed by atoms with Gasteiger partial charge in [-0.25, -0.2) is 0 Å². The molecule has 0 aliphatic carbocycles. The minimum absolute atomic E-state index is 0.0486. The van der Waals surface area contributed by atoms with Gasteiger partial charge in [-0.05, 0) is 61.2 Å². The monoisotopic (exact) mass is 380 g/mol. The fourth-order valence-electron chi connectivity index (χ4n) is 3.50. The fourth-order valence-corrected chi connectivity index (χ4v) is 4.80. The predicted molar refractivity (Wildman–Crippen MR) is 115 cm³/mol. The van der Waals surface area contributed by atoms with E-state index in [1.54, 1.807) is 4.90 Å². The molecule has 2 aliphatic heterocycles. The number of carbonyl (C=O) groups is 1. The molecule has 5 heteroatoms. The first-order chi connectivity index (χ1) is 12.6. The Morgan fingerprint density at radius 2 is 1.81 bits per heavy atom. The van der Waals surface area contributed by atoms with Gasteiger partial charge in [-0.3, -0.25) is 9.69 Å². The maximum absolute atomic E-state index is 12.8. The topological polar surface area (TPSA) is 23.6 Å². The Labute approximate surface area is 163 Å². The highest BCUT2D eigenvalue weighted by Crippen LogP contribution is 2.36. The second kappa shape index (κ2) is 7.25. The first-order valence-corrected chi connectivity index (χ1v) is 10.0. The second-order valence-electron chi connectivity index (χ2n) is 6.59. The number of hydrogen-bond acceptors (Lipinski definition) is 4. The van der Waals surface area contributed by atoms with Gasteiger partial charge in [0.25, 0.3) is 5.91 Å². The van der Waals surface area contributed by atoms with E-state index in [9.17, 15) is 4.79 Å². The predicted octanol–water partition coefficient (Wildman–Crippen LogP) is 5.00. The lowest BCUT2D eigenvalue weighted by Gasteiger charge is -2.20. The molecule has 0 saturated carbocycles. The van der Waals surface area contributed by atoms with Crippen LogP contribution in [-0.2, 0) is 4.79 Å². The summed E-state index contributed by atoms with van der Waals surface area (Å²) < 4.78 is 0.581. The smallest absolute Gasteiger partial charge is 0.270 e. The first-order valence-electron chi connectivity index (χ1n) is 8.82. The standard InChI is InChI=1S/C21H20N2OS2/c1-15-13-16(9-10-18(15)22-11-5-6-12-22)14-19-20(24)23(21(25)26-19)17-7-3-2-4-8-17/h2-4,7-10,13-14H,5-6,11-12H2,1H3/b19-14+. The normalized spacial score (nSPS) is 19.0. The Hall–Kier alpha value is -2.11. The minimum Gasteiger partial charge on any atom is -0.371 e. The number of rotatable bonds is 3. The van der Waals surface area contributed by atoms with Crippen LogP contribution in [-0.4, -0.2) is 23.3 Å². The van der Waals surface area contributed by atoms with Crippen molar-refractivity contribution in [3.05, 3.63) is 64.6 Å². The highest BCUT2D eigenvalue weighted by molar-refractivity contribution is 8.27. The number of carbonyl (C=O) groups excluding carboxylic acids is 1. The van der Waals surface area contributed by atoms with Crippen molar-refractivity contribution in [2.24, 2.45) is 0 Å². The van der Waals surface area contributed by atoms with E-state index in [0.29, 0.717) is 9.23 Å². The summed E-state index contributed by atoms with van der Waals surface area (Å²) in [5.41, 5.74) is 4.41. The van der Waals surface area contributed by atoms with Crippen LogP contribution in [0.1, 0.15) is 24.0 Å². The van der Waals surface area contributed by atoms with Crippen LogP contribution < -0.4 is 9.80 Å². The van der Waals surface area contributed by atoms with Gasteiger partial charge in [0.2, 0.25) is 0 Å². The number of aryl methyl sites for hydroxylation is 1. The molecule has 2 fully saturated rings. The van der Waals surface area contributed by atoms with Gasteiger partial charge < -0.3 is 4.90 Å². The van der Waals surface area contributed by atoms with Crippen molar-refractivity contribution in [2.75, 3.05) is 22.9 Å². The summed E-state index contributed by atoms with van der Waals surface area (Å²) in [5.74, 6) is -0.0486. The maximum atomic E-state index is 12.8. The van der Waals surface area contributed by atoms with Crippen LogP contribution in [0.2, 0.25) is 0 Å². The molecule has 2 saturated heterocycles. The van der Waals surface area contributed by atoms with Crippen LogP contribution in [0, 0.1) is 6.92 Å². The molecule has 4 rings (SSSR count). The average Bonchev–Trinajstić information content (AvgIpc) is 3.25. The van der Waals surface area contributed by atoms with Crippen LogP contribution >= 0.6 is 24.0 Å². The summed E-state index contributed by atoms with van der Waals surface area (Å²) in [6.45, 7) is 4.41. The molecular weight excluding hydrogens is 360 g/mol. The Bertz CT molecular complexity index is 886. The number of para-hydroxylation sites is 1. The van der Waals surface area contributed by atoms with E-state index in [1.807, 2.05) is 36.4 Å². The lowest BCUT2D eigenvalue weighted by molar-refractivity contribution is -0.113. The molecule has 132 valence electrons. The fraction of sp³-hybridized carbons (Fsp3) is 0.238. The second-order valence-corrected chi connectivity index (χ2v) is 8.27. The zero-order chi connectivity index (χ0) is 18.1. The number of benzene rings is 2. The third-order valence-electron chi connectivity index (χ3n) is 4.77. The third kappa shape index (κ3) is 3.29. The molecule has 26 heavy (non-hydrogen) atoms. The van der Waals surface area contributed by atoms with Crippen LogP contribution in [0.5, 0.6) is 0 Å². The van der Waals surface area contributed by atoms with Gasteiger partial charge >= 0.3 is 0 Å².